The van der Waals surface area contributed by atoms with Crippen LogP contribution < -0.4 is 25.3 Å². The lowest BCUT2D eigenvalue weighted by molar-refractivity contribution is 0.296. The minimum absolute atomic E-state index is 0. The van der Waals surface area contributed by atoms with Gasteiger partial charge in [-0.1, -0.05) is 12.1 Å². The van der Waals surface area contributed by atoms with Crippen LogP contribution in [0.3, 0.4) is 0 Å². The number of nitrogens with one attached hydrogen (secondary N) is 1. The first-order chi connectivity index (χ1) is 13.1. The molecule has 0 saturated heterocycles. The maximum Gasteiger partial charge on any atom is 0.193 e. The van der Waals surface area contributed by atoms with Crippen molar-refractivity contribution in [1.29, 1.82) is 0 Å². The maximum absolute atomic E-state index is 6.08. The summed E-state index contributed by atoms with van der Waals surface area (Å²) in [6.07, 6.45) is 2.52. The molecular formula is C21H28IN3O3. The molecule has 0 aromatic heterocycles. The van der Waals surface area contributed by atoms with E-state index in [0.29, 0.717) is 35.6 Å². The number of halogens is 1. The molecule has 7 heteroatoms. The number of nitrogens with zero attached hydrogens (tertiary/aromatic N) is 1. The van der Waals surface area contributed by atoms with Gasteiger partial charge in [-0.15, -0.1) is 24.0 Å². The van der Waals surface area contributed by atoms with Gasteiger partial charge in [0.1, 0.15) is 17.2 Å². The normalized spacial score (nSPS) is 13.5. The summed E-state index contributed by atoms with van der Waals surface area (Å²) in [5.74, 6) is 3.26. The Hall–Kier alpha value is -2.16. The van der Waals surface area contributed by atoms with E-state index in [1.807, 2.05) is 24.3 Å². The minimum atomic E-state index is 0. The number of anilines is 1. The molecule has 152 valence electrons. The van der Waals surface area contributed by atoms with Crippen LogP contribution in [0.5, 0.6) is 17.2 Å². The lowest BCUT2D eigenvalue weighted by Gasteiger charge is -2.13. The van der Waals surface area contributed by atoms with Gasteiger partial charge in [-0.05, 0) is 49.4 Å². The Bertz CT molecular complexity index is 823. The minimum Gasteiger partial charge on any atom is -0.497 e. The summed E-state index contributed by atoms with van der Waals surface area (Å²) in [6.45, 7) is 3.27. The molecule has 6 nitrogen and oxygen atoms in total. The van der Waals surface area contributed by atoms with Crippen molar-refractivity contribution in [1.82, 2.24) is 0 Å². The van der Waals surface area contributed by atoms with Crippen LogP contribution in [0, 0.1) is 12.8 Å². The summed E-state index contributed by atoms with van der Waals surface area (Å²) in [6, 6.07) is 11.6. The Morgan fingerprint density at radius 2 is 1.89 bits per heavy atom. The third-order valence-corrected chi connectivity index (χ3v) is 4.48. The molecule has 3 N–H and O–H groups in total. The molecule has 0 radical (unpaired) electrons. The molecule has 2 aromatic carbocycles. The SMILES string of the molecule is COc1ccc(OC)c(NC(N)=NCc2ccc(C)cc2OCC2CC2)c1.I. The molecular weight excluding hydrogens is 469 g/mol. The molecule has 1 saturated carbocycles. The molecule has 0 amide bonds. The molecule has 1 aliphatic carbocycles. The fraction of sp³-hybridized carbons (Fsp3) is 0.381. The number of methoxy groups -OCH3 is 2. The smallest absolute Gasteiger partial charge is 0.193 e. The molecule has 0 unspecified atom stereocenters. The third-order valence-electron chi connectivity index (χ3n) is 4.48. The van der Waals surface area contributed by atoms with Crippen LogP contribution in [0.25, 0.3) is 0 Å². The van der Waals surface area contributed by atoms with E-state index < -0.39 is 0 Å². The van der Waals surface area contributed by atoms with Gasteiger partial charge < -0.3 is 25.3 Å². The first-order valence-electron chi connectivity index (χ1n) is 9.10. The van der Waals surface area contributed by atoms with Crippen LogP contribution in [-0.4, -0.2) is 26.8 Å². The second-order valence-corrected chi connectivity index (χ2v) is 6.76. The van der Waals surface area contributed by atoms with Crippen molar-refractivity contribution >= 4 is 35.6 Å². The van der Waals surface area contributed by atoms with Crippen molar-refractivity contribution < 1.29 is 14.2 Å². The highest BCUT2D eigenvalue weighted by Crippen LogP contribution is 2.31. The lowest BCUT2D eigenvalue weighted by Crippen LogP contribution is -2.23. The van der Waals surface area contributed by atoms with Crippen LogP contribution in [0.4, 0.5) is 5.69 Å². The number of rotatable bonds is 8. The van der Waals surface area contributed by atoms with Gasteiger partial charge in [0, 0.05) is 11.6 Å². The second-order valence-electron chi connectivity index (χ2n) is 6.76. The van der Waals surface area contributed by atoms with Crippen molar-refractivity contribution in [3.05, 3.63) is 47.5 Å². The van der Waals surface area contributed by atoms with Crippen LogP contribution in [0.15, 0.2) is 41.4 Å². The number of benzene rings is 2. The summed E-state index contributed by atoms with van der Waals surface area (Å²) in [5.41, 5.74) is 8.97. The first kappa shape index (κ1) is 22.1. The van der Waals surface area contributed by atoms with Crippen molar-refractivity contribution in [2.75, 3.05) is 26.1 Å². The quantitative estimate of drug-likeness (QED) is 0.322. The van der Waals surface area contributed by atoms with Gasteiger partial charge in [-0.2, -0.15) is 0 Å². The largest absolute Gasteiger partial charge is 0.497 e. The van der Waals surface area contributed by atoms with E-state index in [4.69, 9.17) is 19.9 Å². The van der Waals surface area contributed by atoms with E-state index in [9.17, 15) is 0 Å². The van der Waals surface area contributed by atoms with Gasteiger partial charge in [0.05, 0.1) is 33.1 Å². The number of aliphatic imine (C=N–C) groups is 1. The Balaban J connectivity index is 0.00000280. The Morgan fingerprint density at radius 3 is 2.57 bits per heavy atom. The number of ether oxygens (including phenoxy) is 3. The molecule has 0 heterocycles. The summed E-state index contributed by atoms with van der Waals surface area (Å²) >= 11 is 0. The molecule has 0 aliphatic heterocycles. The molecule has 1 fully saturated rings. The summed E-state index contributed by atoms with van der Waals surface area (Å²) < 4.78 is 16.6. The summed E-state index contributed by atoms with van der Waals surface area (Å²) in [5, 5.41) is 3.08. The molecule has 0 bridgehead atoms. The number of hydrogen-bond acceptors (Lipinski definition) is 4. The monoisotopic (exact) mass is 497 g/mol. The molecule has 2 aromatic rings. The number of nitrogens with two attached hydrogens (primary N) is 1. The standard InChI is InChI=1S/C21H27N3O3.HI/c1-14-4-7-16(20(10-14)27-13-15-5-6-15)12-23-21(22)24-18-11-17(25-2)8-9-19(18)26-3;/h4,7-11,15H,5-6,12-13H2,1-3H3,(H3,22,23,24);1H. The molecule has 3 rings (SSSR count). The van der Waals surface area contributed by atoms with Crippen LogP contribution in [0.1, 0.15) is 24.0 Å². The van der Waals surface area contributed by atoms with Gasteiger partial charge in [0.2, 0.25) is 0 Å². The van der Waals surface area contributed by atoms with E-state index in [-0.39, 0.29) is 24.0 Å². The number of aryl methyl sites for hydroxylation is 1. The van der Waals surface area contributed by atoms with E-state index in [2.05, 4.69) is 29.4 Å². The van der Waals surface area contributed by atoms with Gasteiger partial charge in [-0.25, -0.2) is 4.99 Å². The summed E-state index contributed by atoms with van der Waals surface area (Å²) in [4.78, 5) is 4.46. The van der Waals surface area contributed by atoms with Crippen molar-refractivity contribution in [2.24, 2.45) is 16.6 Å². The zero-order chi connectivity index (χ0) is 19.2. The Kier molecular flexibility index (Phi) is 8.22. The zero-order valence-electron chi connectivity index (χ0n) is 16.5. The van der Waals surface area contributed by atoms with Crippen LogP contribution in [-0.2, 0) is 6.54 Å². The number of hydrogen-bond donors (Lipinski definition) is 2. The highest BCUT2D eigenvalue weighted by Gasteiger charge is 2.22. The third kappa shape index (κ3) is 6.19. The summed E-state index contributed by atoms with van der Waals surface area (Å²) in [7, 11) is 3.22. The molecule has 1 aliphatic rings. The topological polar surface area (TPSA) is 78.1 Å². The van der Waals surface area contributed by atoms with Crippen molar-refractivity contribution in [3.63, 3.8) is 0 Å². The fourth-order valence-corrected chi connectivity index (χ4v) is 2.68. The Labute approximate surface area is 183 Å². The van der Waals surface area contributed by atoms with E-state index >= 15 is 0 Å². The fourth-order valence-electron chi connectivity index (χ4n) is 2.68. The molecule has 0 atom stereocenters. The van der Waals surface area contributed by atoms with E-state index in [0.717, 1.165) is 17.9 Å². The molecule has 28 heavy (non-hydrogen) atoms. The van der Waals surface area contributed by atoms with Gasteiger partial charge in [0.25, 0.3) is 0 Å². The predicted octanol–water partition coefficient (Wildman–Crippen LogP) is 4.35. The predicted molar refractivity (Wildman–Crippen MR) is 123 cm³/mol. The average Bonchev–Trinajstić information content (AvgIpc) is 3.50. The number of guanidine groups is 1. The van der Waals surface area contributed by atoms with Gasteiger partial charge in [0.15, 0.2) is 5.96 Å². The lowest BCUT2D eigenvalue weighted by atomic mass is 10.1. The van der Waals surface area contributed by atoms with Gasteiger partial charge >= 0.3 is 0 Å². The van der Waals surface area contributed by atoms with Crippen molar-refractivity contribution in [2.45, 2.75) is 26.3 Å². The zero-order valence-corrected chi connectivity index (χ0v) is 18.9. The second kappa shape index (κ2) is 10.4. The van der Waals surface area contributed by atoms with Crippen molar-refractivity contribution in [3.8, 4) is 17.2 Å². The van der Waals surface area contributed by atoms with Crippen LogP contribution in [0.2, 0.25) is 0 Å². The highest BCUT2D eigenvalue weighted by atomic mass is 127. The van der Waals surface area contributed by atoms with E-state index in [1.54, 1.807) is 14.2 Å². The van der Waals surface area contributed by atoms with E-state index in [1.165, 1.54) is 18.4 Å². The molecule has 0 spiro atoms. The first-order valence-corrected chi connectivity index (χ1v) is 9.10. The average molecular weight is 497 g/mol. The van der Waals surface area contributed by atoms with Gasteiger partial charge in [-0.3, -0.25) is 0 Å². The van der Waals surface area contributed by atoms with Crippen LogP contribution >= 0.6 is 24.0 Å². The maximum atomic E-state index is 6.08. The Morgan fingerprint density at radius 1 is 1.11 bits per heavy atom. The highest BCUT2D eigenvalue weighted by molar-refractivity contribution is 14.0.